The molecule has 0 aliphatic rings. The van der Waals surface area contributed by atoms with Gasteiger partial charge < -0.3 is 15.8 Å². The first-order chi connectivity index (χ1) is 10.1. The van der Waals surface area contributed by atoms with E-state index in [0.717, 1.165) is 16.3 Å². The fraction of sp³-hybridized carbons (Fsp3) is 0.333. The molecule has 2 rings (SSSR count). The van der Waals surface area contributed by atoms with Crippen molar-refractivity contribution in [3.63, 3.8) is 0 Å². The fourth-order valence-corrected chi connectivity index (χ4v) is 2.69. The SMILES string of the molecule is COc1ccc([C@@H](C)NC(=O)c2csc(CCN)n2)cc1. The summed E-state index contributed by atoms with van der Waals surface area (Å²) in [7, 11) is 1.63. The van der Waals surface area contributed by atoms with Crippen LogP contribution in [-0.4, -0.2) is 24.5 Å². The maximum atomic E-state index is 12.1. The lowest BCUT2D eigenvalue weighted by atomic mass is 10.1. The number of benzene rings is 1. The third-order valence-corrected chi connectivity index (χ3v) is 4.01. The minimum Gasteiger partial charge on any atom is -0.497 e. The second-order valence-corrected chi connectivity index (χ2v) is 5.58. The summed E-state index contributed by atoms with van der Waals surface area (Å²) >= 11 is 1.46. The van der Waals surface area contributed by atoms with Crippen LogP contribution in [-0.2, 0) is 6.42 Å². The van der Waals surface area contributed by atoms with Crippen molar-refractivity contribution in [1.82, 2.24) is 10.3 Å². The molecule has 1 atom stereocenters. The van der Waals surface area contributed by atoms with Gasteiger partial charge in [0.1, 0.15) is 11.4 Å². The predicted octanol–water partition coefficient (Wildman–Crippen LogP) is 2.14. The molecule has 0 aliphatic carbocycles. The number of hydrogen-bond donors (Lipinski definition) is 2. The van der Waals surface area contributed by atoms with Crippen LogP contribution in [0.5, 0.6) is 5.75 Å². The molecule has 0 radical (unpaired) electrons. The number of rotatable bonds is 6. The highest BCUT2D eigenvalue weighted by molar-refractivity contribution is 7.09. The summed E-state index contributed by atoms with van der Waals surface area (Å²) in [6, 6.07) is 7.53. The van der Waals surface area contributed by atoms with Gasteiger partial charge in [0.15, 0.2) is 0 Å². The number of methoxy groups -OCH3 is 1. The van der Waals surface area contributed by atoms with E-state index >= 15 is 0 Å². The fourth-order valence-electron chi connectivity index (χ4n) is 1.90. The number of carbonyl (C=O) groups is 1. The topological polar surface area (TPSA) is 77.2 Å². The van der Waals surface area contributed by atoms with Crippen LogP contribution in [0.15, 0.2) is 29.6 Å². The van der Waals surface area contributed by atoms with Crippen molar-refractivity contribution in [1.29, 1.82) is 0 Å². The second kappa shape index (κ2) is 7.19. The molecule has 0 saturated heterocycles. The monoisotopic (exact) mass is 305 g/mol. The molecule has 0 saturated carbocycles. The highest BCUT2D eigenvalue weighted by Gasteiger charge is 2.14. The Kier molecular flexibility index (Phi) is 5.30. The van der Waals surface area contributed by atoms with Crippen molar-refractivity contribution in [3.8, 4) is 5.75 Å². The van der Waals surface area contributed by atoms with E-state index < -0.39 is 0 Å². The number of nitrogens with two attached hydrogens (primary N) is 1. The van der Waals surface area contributed by atoms with Crippen molar-refractivity contribution < 1.29 is 9.53 Å². The van der Waals surface area contributed by atoms with Gasteiger partial charge in [0, 0.05) is 11.8 Å². The Labute approximate surface area is 128 Å². The molecule has 5 nitrogen and oxygen atoms in total. The summed E-state index contributed by atoms with van der Waals surface area (Å²) in [5.41, 5.74) is 6.95. The zero-order chi connectivity index (χ0) is 15.2. The van der Waals surface area contributed by atoms with Crippen LogP contribution < -0.4 is 15.8 Å². The molecule has 1 amide bonds. The molecule has 0 unspecified atom stereocenters. The summed E-state index contributed by atoms with van der Waals surface area (Å²) in [6.07, 6.45) is 0.700. The van der Waals surface area contributed by atoms with E-state index in [1.54, 1.807) is 12.5 Å². The van der Waals surface area contributed by atoms with Crippen molar-refractivity contribution in [2.45, 2.75) is 19.4 Å². The summed E-state index contributed by atoms with van der Waals surface area (Å²) in [4.78, 5) is 16.4. The lowest BCUT2D eigenvalue weighted by Crippen LogP contribution is -2.26. The summed E-state index contributed by atoms with van der Waals surface area (Å²) in [5.74, 6) is 0.626. The molecular weight excluding hydrogens is 286 g/mol. The molecule has 0 aliphatic heterocycles. The van der Waals surface area contributed by atoms with Gasteiger partial charge in [-0.05, 0) is 31.2 Å². The van der Waals surface area contributed by atoms with Gasteiger partial charge in [-0.15, -0.1) is 11.3 Å². The zero-order valence-electron chi connectivity index (χ0n) is 12.1. The van der Waals surface area contributed by atoms with Gasteiger partial charge >= 0.3 is 0 Å². The molecule has 2 aromatic rings. The normalized spacial score (nSPS) is 12.0. The zero-order valence-corrected chi connectivity index (χ0v) is 12.9. The molecule has 1 aromatic heterocycles. The van der Waals surface area contributed by atoms with Crippen molar-refractivity contribution in [3.05, 3.63) is 45.9 Å². The Hall–Kier alpha value is -1.92. The average molecular weight is 305 g/mol. The highest BCUT2D eigenvalue weighted by atomic mass is 32.1. The number of aromatic nitrogens is 1. The first-order valence-corrected chi connectivity index (χ1v) is 7.61. The highest BCUT2D eigenvalue weighted by Crippen LogP contribution is 2.18. The quantitative estimate of drug-likeness (QED) is 0.857. The number of thiazole rings is 1. The molecule has 0 bridgehead atoms. The van der Waals surface area contributed by atoms with E-state index in [-0.39, 0.29) is 11.9 Å². The molecule has 1 aromatic carbocycles. The van der Waals surface area contributed by atoms with Crippen molar-refractivity contribution in [2.75, 3.05) is 13.7 Å². The van der Waals surface area contributed by atoms with Gasteiger partial charge in [0.2, 0.25) is 0 Å². The lowest BCUT2D eigenvalue weighted by Gasteiger charge is -2.13. The van der Waals surface area contributed by atoms with Gasteiger partial charge in [0.25, 0.3) is 5.91 Å². The van der Waals surface area contributed by atoms with E-state index in [4.69, 9.17) is 10.5 Å². The molecular formula is C15H19N3O2S. The van der Waals surface area contributed by atoms with E-state index in [1.807, 2.05) is 31.2 Å². The molecule has 6 heteroatoms. The number of ether oxygens (including phenoxy) is 1. The van der Waals surface area contributed by atoms with Crippen LogP contribution in [0.2, 0.25) is 0 Å². The average Bonchev–Trinajstić information content (AvgIpc) is 2.96. The minimum absolute atomic E-state index is 0.0944. The Morgan fingerprint density at radius 1 is 1.43 bits per heavy atom. The number of carbonyl (C=O) groups excluding carboxylic acids is 1. The van der Waals surface area contributed by atoms with Crippen LogP contribution in [0.3, 0.4) is 0 Å². The summed E-state index contributed by atoms with van der Waals surface area (Å²) < 4.78 is 5.12. The molecule has 0 fully saturated rings. The van der Waals surface area contributed by atoms with Gasteiger partial charge in [0.05, 0.1) is 18.2 Å². The van der Waals surface area contributed by atoms with Gasteiger partial charge in [-0.1, -0.05) is 12.1 Å². The van der Waals surface area contributed by atoms with E-state index in [1.165, 1.54) is 11.3 Å². The summed E-state index contributed by atoms with van der Waals surface area (Å²) in [5, 5.41) is 5.59. The van der Waals surface area contributed by atoms with Crippen molar-refractivity contribution in [2.24, 2.45) is 5.73 Å². The summed E-state index contributed by atoms with van der Waals surface area (Å²) in [6.45, 7) is 2.48. The van der Waals surface area contributed by atoms with E-state index in [2.05, 4.69) is 10.3 Å². The van der Waals surface area contributed by atoms with Crippen molar-refractivity contribution >= 4 is 17.2 Å². The number of amides is 1. The standard InChI is InChI=1S/C15H19N3O2S/c1-10(11-3-5-12(20-2)6-4-11)17-15(19)13-9-21-14(18-13)7-8-16/h3-6,9-10H,7-8,16H2,1-2H3,(H,17,19)/t10-/m1/s1. The van der Waals surface area contributed by atoms with E-state index in [0.29, 0.717) is 18.7 Å². The Bertz CT molecular complexity index is 595. The lowest BCUT2D eigenvalue weighted by molar-refractivity contribution is 0.0935. The molecule has 3 N–H and O–H groups in total. The molecule has 1 heterocycles. The Balaban J connectivity index is 1.99. The van der Waals surface area contributed by atoms with Crippen LogP contribution in [0.4, 0.5) is 0 Å². The van der Waals surface area contributed by atoms with Gasteiger partial charge in [-0.2, -0.15) is 0 Å². The maximum absolute atomic E-state index is 12.1. The van der Waals surface area contributed by atoms with Crippen LogP contribution >= 0.6 is 11.3 Å². The molecule has 0 spiro atoms. The van der Waals surface area contributed by atoms with Gasteiger partial charge in [-0.25, -0.2) is 4.98 Å². The first kappa shape index (κ1) is 15.5. The number of nitrogens with one attached hydrogen (secondary N) is 1. The molecule has 21 heavy (non-hydrogen) atoms. The van der Waals surface area contributed by atoms with E-state index in [9.17, 15) is 4.79 Å². The largest absolute Gasteiger partial charge is 0.497 e. The van der Waals surface area contributed by atoms with Crippen LogP contribution in [0.25, 0.3) is 0 Å². The smallest absolute Gasteiger partial charge is 0.271 e. The predicted molar refractivity (Wildman–Crippen MR) is 83.7 cm³/mol. The van der Waals surface area contributed by atoms with Gasteiger partial charge in [-0.3, -0.25) is 4.79 Å². The van der Waals surface area contributed by atoms with Crippen LogP contribution in [0.1, 0.15) is 34.0 Å². The minimum atomic E-state index is -0.169. The Morgan fingerprint density at radius 2 is 2.14 bits per heavy atom. The first-order valence-electron chi connectivity index (χ1n) is 6.73. The molecule has 112 valence electrons. The Morgan fingerprint density at radius 3 is 2.76 bits per heavy atom. The van der Waals surface area contributed by atoms with Crippen LogP contribution in [0, 0.1) is 0 Å². The number of hydrogen-bond acceptors (Lipinski definition) is 5. The third kappa shape index (κ3) is 4.03. The second-order valence-electron chi connectivity index (χ2n) is 4.63. The number of nitrogens with zero attached hydrogens (tertiary/aromatic N) is 1. The third-order valence-electron chi connectivity index (χ3n) is 3.11. The maximum Gasteiger partial charge on any atom is 0.271 e.